The molecule has 0 aliphatic carbocycles. The summed E-state index contributed by atoms with van der Waals surface area (Å²) in [4.78, 5) is 0. The number of hydrogen-bond acceptors (Lipinski definition) is 2. The molecule has 0 unspecified atom stereocenters. The molecule has 2 aromatic carbocycles. The van der Waals surface area contributed by atoms with Crippen molar-refractivity contribution in [1.29, 1.82) is 0 Å². The van der Waals surface area contributed by atoms with Crippen LogP contribution in [-0.4, -0.2) is 10.2 Å². The number of aromatic hydroxyl groups is 2. The van der Waals surface area contributed by atoms with Gasteiger partial charge in [-0.3, -0.25) is 0 Å². The van der Waals surface area contributed by atoms with Gasteiger partial charge in [0, 0.05) is 0 Å². The molecule has 0 atom stereocenters. The Kier molecular flexibility index (Phi) is 6.86. The summed E-state index contributed by atoms with van der Waals surface area (Å²) < 4.78 is 0. The molecule has 0 amide bonds. The molecule has 0 heterocycles. The third-order valence-corrected chi connectivity index (χ3v) is 1.81. The average Bonchev–Trinajstić information content (AvgIpc) is 2.28. The number of para-hydroxylation sites is 2. The molecule has 0 aliphatic heterocycles. The molecule has 0 saturated carbocycles. The minimum atomic E-state index is 0. The van der Waals surface area contributed by atoms with E-state index in [1.54, 1.807) is 24.3 Å². The van der Waals surface area contributed by atoms with Crippen molar-refractivity contribution in [3.05, 3.63) is 60.0 Å². The van der Waals surface area contributed by atoms with Gasteiger partial charge in [0.2, 0.25) is 0 Å². The average molecular weight is 264 g/mol. The predicted molar refractivity (Wildman–Crippen MR) is 64.2 cm³/mol. The first-order valence-corrected chi connectivity index (χ1v) is 4.60. The number of hydrogen-bond donors (Lipinski definition) is 2. The molecule has 5 heteroatoms. The third-order valence-electron chi connectivity index (χ3n) is 1.81. The summed E-state index contributed by atoms with van der Waals surface area (Å²) in [6, 6.07) is 12.8. The van der Waals surface area contributed by atoms with Crippen molar-refractivity contribution in [3.63, 3.8) is 0 Å². The molecular weight excluding hydrogens is 252 g/mol. The summed E-state index contributed by atoms with van der Waals surface area (Å²) in [5, 5.41) is 17.5. The molecule has 86 valence electrons. The van der Waals surface area contributed by atoms with Gasteiger partial charge in [0.1, 0.15) is 11.5 Å². The fourth-order valence-corrected chi connectivity index (χ4v) is 0.947. The van der Waals surface area contributed by atoms with Crippen LogP contribution in [0.1, 0.15) is 0 Å². The van der Waals surface area contributed by atoms with E-state index in [0.717, 1.165) is 0 Å². The van der Waals surface area contributed by atoms with Crippen LogP contribution in [0.4, 0.5) is 11.4 Å². The van der Waals surface area contributed by atoms with Crippen molar-refractivity contribution < 1.29 is 31.9 Å². The van der Waals surface area contributed by atoms with Crippen molar-refractivity contribution in [2.24, 2.45) is 0 Å². The normalized spacial score (nSPS) is 8.47. The molecule has 0 spiro atoms. The van der Waals surface area contributed by atoms with Crippen LogP contribution >= 0.6 is 0 Å². The quantitative estimate of drug-likeness (QED) is 0.553. The largest absolute Gasteiger partial charge is 2.00 e. The molecule has 2 aromatic rings. The second-order valence-electron chi connectivity index (χ2n) is 3.03. The molecule has 4 N–H and O–H groups in total. The fraction of sp³-hybridized carbons (Fsp3) is 0. The molecule has 0 bridgehead atoms. The van der Waals surface area contributed by atoms with Gasteiger partial charge in [-0.05, 0) is 12.1 Å². The van der Waals surface area contributed by atoms with E-state index in [-0.39, 0.29) is 44.6 Å². The van der Waals surface area contributed by atoms with Crippen LogP contribution < -0.4 is 0 Å². The van der Waals surface area contributed by atoms with Gasteiger partial charge in [0.25, 0.3) is 0 Å². The van der Waals surface area contributed by atoms with Crippen LogP contribution in [0.25, 0.3) is 11.5 Å². The summed E-state index contributed by atoms with van der Waals surface area (Å²) >= 11 is 0. The van der Waals surface area contributed by atoms with E-state index in [4.69, 9.17) is 21.7 Å². The predicted octanol–water partition coefficient (Wildman–Crippen LogP) is 4.15. The van der Waals surface area contributed by atoms with Crippen LogP contribution in [-0.2, 0) is 21.7 Å². The van der Waals surface area contributed by atoms with Crippen molar-refractivity contribution in [2.75, 3.05) is 0 Å². The van der Waals surface area contributed by atoms with Gasteiger partial charge in [-0.25, -0.2) is 0 Å². The van der Waals surface area contributed by atoms with E-state index in [9.17, 15) is 0 Å². The Balaban J connectivity index is 0.000000284. The molecule has 0 radical (unpaired) electrons. The smallest absolute Gasteiger partial charge is 0.696 e. The van der Waals surface area contributed by atoms with Gasteiger partial charge in [0.15, 0.2) is 0 Å². The van der Waals surface area contributed by atoms with E-state index in [2.05, 4.69) is 0 Å². The molecule has 0 aromatic heterocycles. The summed E-state index contributed by atoms with van der Waals surface area (Å²) in [6.07, 6.45) is 0. The molecule has 0 fully saturated rings. The standard InChI is InChI=1S/2C6H6NO.Ti/c2*7-5-3-1-2-4-6(5)8;/h2*1-4,7-8H;/q2*-1;+2. The summed E-state index contributed by atoms with van der Waals surface area (Å²) in [5.41, 5.74) is 14.3. The maximum Gasteiger partial charge on any atom is 2.00 e. The number of phenolic OH excluding ortho intramolecular Hbond substituents is 2. The Morgan fingerprint density at radius 2 is 0.941 bits per heavy atom. The summed E-state index contributed by atoms with van der Waals surface area (Å²) in [6.45, 7) is 0. The van der Waals surface area contributed by atoms with E-state index in [0.29, 0.717) is 0 Å². The Morgan fingerprint density at radius 3 is 1.12 bits per heavy atom. The zero-order chi connectivity index (χ0) is 12.0. The molecule has 2 rings (SSSR count). The second kappa shape index (κ2) is 7.60. The first kappa shape index (κ1) is 15.4. The Hall–Kier alpha value is -1.65. The monoisotopic (exact) mass is 264 g/mol. The molecule has 17 heavy (non-hydrogen) atoms. The van der Waals surface area contributed by atoms with Gasteiger partial charge >= 0.3 is 21.7 Å². The Bertz CT molecular complexity index is 378. The van der Waals surface area contributed by atoms with E-state index >= 15 is 0 Å². The first-order valence-electron chi connectivity index (χ1n) is 4.60. The Labute approximate surface area is 115 Å². The maximum atomic E-state index is 8.73. The molecular formula is C12H12N2O2Ti. The van der Waals surface area contributed by atoms with Crippen LogP contribution in [0.2, 0.25) is 0 Å². The molecule has 0 saturated heterocycles. The van der Waals surface area contributed by atoms with Crippen molar-refractivity contribution in [2.45, 2.75) is 0 Å². The number of benzene rings is 2. The van der Waals surface area contributed by atoms with E-state index < -0.39 is 0 Å². The number of rotatable bonds is 0. The number of nitrogens with one attached hydrogen (secondary N) is 2. The van der Waals surface area contributed by atoms with Crippen molar-refractivity contribution in [1.82, 2.24) is 0 Å². The van der Waals surface area contributed by atoms with Crippen LogP contribution in [0.3, 0.4) is 0 Å². The summed E-state index contributed by atoms with van der Waals surface area (Å²) in [5.74, 6) is 0.0694. The molecule has 0 aliphatic rings. The van der Waals surface area contributed by atoms with Gasteiger partial charge < -0.3 is 21.7 Å². The Morgan fingerprint density at radius 1 is 0.647 bits per heavy atom. The van der Waals surface area contributed by atoms with Gasteiger partial charge in [-0.1, -0.05) is 47.8 Å². The van der Waals surface area contributed by atoms with E-state index in [1.807, 2.05) is 0 Å². The van der Waals surface area contributed by atoms with Crippen LogP contribution in [0.15, 0.2) is 48.5 Å². The maximum absolute atomic E-state index is 8.73. The van der Waals surface area contributed by atoms with Crippen LogP contribution in [0.5, 0.6) is 11.5 Å². The van der Waals surface area contributed by atoms with Gasteiger partial charge in [-0.2, -0.15) is 0 Å². The van der Waals surface area contributed by atoms with Gasteiger partial charge in [-0.15, -0.1) is 0 Å². The van der Waals surface area contributed by atoms with E-state index in [1.165, 1.54) is 24.3 Å². The minimum absolute atomic E-state index is 0. The SMILES string of the molecule is [NH-]c1ccccc1O.[NH-]c1ccccc1O.[Ti+2]. The van der Waals surface area contributed by atoms with Crippen molar-refractivity contribution >= 4 is 11.4 Å². The zero-order valence-electron chi connectivity index (χ0n) is 9.01. The van der Waals surface area contributed by atoms with Crippen molar-refractivity contribution in [3.8, 4) is 11.5 Å². The summed E-state index contributed by atoms with van der Waals surface area (Å²) in [7, 11) is 0. The number of phenols is 2. The van der Waals surface area contributed by atoms with Gasteiger partial charge in [0.05, 0.1) is 0 Å². The topological polar surface area (TPSA) is 88.1 Å². The third kappa shape index (κ3) is 5.29. The molecule has 4 nitrogen and oxygen atoms in total. The zero-order valence-corrected chi connectivity index (χ0v) is 10.6. The second-order valence-corrected chi connectivity index (χ2v) is 3.03. The fourth-order valence-electron chi connectivity index (χ4n) is 0.947. The minimum Gasteiger partial charge on any atom is -0.696 e. The van der Waals surface area contributed by atoms with Crippen LogP contribution in [0, 0.1) is 0 Å². The first-order chi connectivity index (χ1) is 7.61.